The number of benzene rings is 1. The lowest BCUT2D eigenvalue weighted by molar-refractivity contribution is 0.102. The molecule has 2 aromatic heterocycles. The molecule has 0 aliphatic carbocycles. The molecule has 0 aliphatic heterocycles. The Hall–Kier alpha value is -3.20. The second-order valence-electron chi connectivity index (χ2n) is 4.91. The molecule has 3 aromatic rings. The molecule has 8 nitrogen and oxygen atoms in total. The summed E-state index contributed by atoms with van der Waals surface area (Å²) in [6, 6.07) is 11.0. The van der Waals surface area contributed by atoms with Gasteiger partial charge in [-0.1, -0.05) is 0 Å². The molecule has 3 rings (SSSR count). The van der Waals surface area contributed by atoms with Gasteiger partial charge < -0.3 is 14.8 Å². The van der Waals surface area contributed by atoms with Crippen LogP contribution in [0, 0.1) is 0 Å². The van der Waals surface area contributed by atoms with Gasteiger partial charge in [0.15, 0.2) is 0 Å². The highest BCUT2D eigenvalue weighted by molar-refractivity contribution is 7.99. The zero-order chi connectivity index (χ0) is 18.4. The summed E-state index contributed by atoms with van der Waals surface area (Å²) < 4.78 is 10.1. The summed E-state index contributed by atoms with van der Waals surface area (Å²) in [6.45, 7) is 0. The molecule has 0 saturated heterocycles. The molecule has 0 atom stereocenters. The topological polar surface area (TPSA) is 99.1 Å². The number of anilines is 1. The fourth-order valence-electron chi connectivity index (χ4n) is 1.97. The number of methoxy groups -OCH3 is 2. The van der Waals surface area contributed by atoms with Crippen molar-refractivity contribution in [2.45, 2.75) is 10.1 Å². The van der Waals surface area contributed by atoms with Crippen molar-refractivity contribution >= 4 is 23.4 Å². The van der Waals surface area contributed by atoms with E-state index in [4.69, 9.17) is 9.47 Å². The summed E-state index contributed by atoms with van der Waals surface area (Å²) in [6.07, 6.45) is 3.23. The molecule has 0 saturated carbocycles. The number of hydrogen-bond acceptors (Lipinski definition) is 8. The van der Waals surface area contributed by atoms with Crippen LogP contribution in [0.3, 0.4) is 0 Å². The van der Waals surface area contributed by atoms with Crippen molar-refractivity contribution in [2.75, 3.05) is 19.5 Å². The summed E-state index contributed by atoms with van der Waals surface area (Å²) in [5.41, 5.74) is 1.17. The van der Waals surface area contributed by atoms with E-state index in [0.717, 1.165) is 4.90 Å². The molecule has 0 fully saturated rings. The normalized spacial score (nSPS) is 10.2. The predicted molar refractivity (Wildman–Crippen MR) is 95.7 cm³/mol. The molecule has 0 radical (unpaired) electrons. The second-order valence-corrected chi connectivity index (χ2v) is 5.95. The van der Waals surface area contributed by atoms with E-state index in [2.05, 4.69) is 25.3 Å². The molecule has 132 valence electrons. The van der Waals surface area contributed by atoms with Gasteiger partial charge in [-0.15, -0.1) is 4.98 Å². The van der Waals surface area contributed by atoms with Gasteiger partial charge in [-0.2, -0.15) is 9.97 Å². The number of amides is 1. The molecule has 0 spiro atoms. The standard InChI is InChI=1S/C17H15N5O3S/c1-24-15-20-16(25-2)22-17(21-15)26-13-7-5-11(6-8-13)14(23)19-12-4-3-9-18-10-12/h3-10H,1-2H3,(H,19,23). The lowest BCUT2D eigenvalue weighted by Crippen LogP contribution is -2.11. The summed E-state index contributed by atoms with van der Waals surface area (Å²) >= 11 is 1.31. The number of aromatic nitrogens is 4. The smallest absolute Gasteiger partial charge is 0.323 e. The van der Waals surface area contributed by atoms with E-state index in [1.54, 1.807) is 36.7 Å². The van der Waals surface area contributed by atoms with Gasteiger partial charge >= 0.3 is 12.0 Å². The first-order valence-corrected chi connectivity index (χ1v) is 8.33. The van der Waals surface area contributed by atoms with Crippen LogP contribution in [0.25, 0.3) is 0 Å². The average molecular weight is 369 g/mol. The number of carbonyl (C=O) groups is 1. The van der Waals surface area contributed by atoms with Gasteiger partial charge in [-0.05, 0) is 48.2 Å². The Labute approximate surface area is 154 Å². The molecular formula is C17H15N5O3S. The van der Waals surface area contributed by atoms with Gasteiger partial charge in [-0.3, -0.25) is 9.78 Å². The second kappa shape index (κ2) is 8.26. The maximum Gasteiger partial charge on any atom is 0.323 e. The number of pyridine rings is 1. The van der Waals surface area contributed by atoms with Crippen LogP contribution in [-0.4, -0.2) is 40.1 Å². The Morgan fingerprint density at radius 2 is 1.69 bits per heavy atom. The Balaban J connectivity index is 1.71. The summed E-state index contributed by atoms with van der Waals surface area (Å²) in [5, 5.41) is 3.21. The highest BCUT2D eigenvalue weighted by atomic mass is 32.2. The number of hydrogen-bond donors (Lipinski definition) is 1. The molecule has 1 amide bonds. The minimum absolute atomic E-state index is 0.173. The van der Waals surface area contributed by atoms with Crippen molar-refractivity contribution in [3.63, 3.8) is 0 Å². The minimum atomic E-state index is -0.210. The molecule has 9 heteroatoms. The Morgan fingerprint density at radius 3 is 2.27 bits per heavy atom. The summed E-state index contributed by atoms with van der Waals surface area (Å²) in [4.78, 5) is 29.3. The van der Waals surface area contributed by atoms with E-state index in [1.807, 2.05) is 12.1 Å². The first-order valence-electron chi connectivity index (χ1n) is 7.51. The van der Waals surface area contributed by atoms with Crippen molar-refractivity contribution < 1.29 is 14.3 Å². The quantitative estimate of drug-likeness (QED) is 0.708. The first kappa shape index (κ1) is 17.6. The van der Waals surface area contributed by atoms with Crippen LogP contribution in [0.2, 0.25) is 0 Å². The van der Waals surface area contributed by atoms with Crippen LogP contribution in [0.1, 0.15) is 10.4 Å². The van der Waals surface area contributed by atoms with E-state index in [-0.39, 0.29) is 17.9 Å². The molecule has 0 aliphatic rings. The van der Waals surface area contributed by atoms with Crippen molar-refractivity contribution in [3.8, 4) is 12.0 Å². The molecule has 0 bridgehead atoms. The van der Waals surface area contributed by atoms with Gasteiger partial charge in [0.05, 0.1) is 26.1 Å². The van der Waals surface area contributed by atoms with Crippen LogP contribution < -0.4 is 14.8 Å². The Kier molecular flexibility index (Phi) is 5.59. The number of carbonyl (C=O) groups excluding carboxylic acids is 1. The number of nitrogens with zero attached hydrogens (tertiary/aromatic N) is 4. The van der Waals surface area contributed by atoms with E-state index < -0.39 is 0 Å². The fraction of sp³-hybridized carbons (Fsp3) is 0.118. The molecule has 1 aromatic carbocycles. The van der Waals surface area contributed by atoms with Crippen LogP contribution in [0.15, 0.2) is 58.8 Å². The third kappa shape index (κ3) is 4.45. The third-order valence-corrected chi connectivity index (χ3v) is 4.06. The lowest BCUT2D eigenvalue weighted by Gasteiger charge is -2.06. The number of rotatable bonds is 6. The predicted octanol–water partition coefficient (Wildman–Crippen LogP) is 2.69. The van der Waals surface area contributed by atoms with Gasteiger partial charge in [0.2, 0.25) is 5.16 Å². The molecular weight excluding hydrogens is 354 g/mol. The van der Waals surface area contributed by atoms with Crippen molar-refractivity contribution in [3.05, 3.63) is 54.4 Å². The fourth-order valence-corrected chi connectivity index (χ4v) is 2.70. The maximum atomic E-state index is 12.2. The minimum Gasteiger partial charge on any atom is -0.467 e. The Bertz CT molecular complexity index is 868. The SMILES string of the molecule is COc1nc(OC)nc(Sc2ccc(C(=O)Nc3cccnc3)cc2)n1. The van der Waals surface area contributed by atoms with Gasteiger partial charge in [-0.25, -0.2) is 0 Å². The van der Waals surface area contributed by atoms with Gasteiger partial charge in [0.25, 0.3) is 5.91 Å². The molecule has 0 unspecified atom stereocenters. The highest BCUT2D eigenvalue weighted by Gasteiger charge is 2.10. The summed E-state index contributed by atoms with van der Waals surface area (Å²) in [5.74, 6) is -0.210. The third-order valence-electron chi connectivity index (χ3n) is 3.18. The number of ether oxygens (including phenoxy) is 2. The van der Waals surface area contributed by atoms with Gasteiger partial charge in [0.1, 0.15) is 0 Å². The van der Waals surface area contributed by atoms with Gasteiger partial charge in [0, 0.05) is 16.7 Å². The van der Waals surface area contributed by atoms with Crippen LogP contribution >= 0.6 is 11.8 Å². The van der Waals surface area contributed by atoms with Crippen molar-refractivity contribution in [2.24, 2.45) is 0 Å². The van der Waals surface area contributed by atoms with E-state index >= 15 is 0 Å². The lowest BCUT2D eigenvalue weighted by atomic mass is 10.2. The molecule has 2 heterocycles. The van der Waals surface area contributed by atoms with Crippen LogP contribution in [-0.2, 0) is 0 Å². The van der Waals surface area contributed by atoms with Crippen molar-refractivity contribution in [1.82, 2.24) is 19.9 Å². The van der Waals surface area contributed by atoms with Crippen LogP contribution in [0.5, 0.6) is 12.0 Å². The summed E-state index contributed by atoms with van der Waals surface area (Å²) in [7, 11) is 2.94. The zero-order valence-corrected chi connectivity index (χ0v) is 14.9. The largest absolute Gasteiger partial charge is 0.467 e. The van der Waals surface area contributed by atoms with E-state index in [0.29, 0.717) is 16.4 Å². The van der Waals surface area contributed by atoms with Crippen molar-refractivity contribution in [1.29, 1.82) is 0 Å². The zero-order valence-electron chi connectivity index (χ0n) is 14.0. The molecule has 1 N–H and O–H groups in total. The van der Waals surface area contributed by atoms with Crippen LogP contribution in [0.4, 0.5) is 5.69 Å². The first-order chi connectivity index (χ1) is 12.7. The molecule has 26 heavy (non-hydrogen) atoms. The Morgan fingerprint density at radius 1 is 1.00 bits per heavy atom. The maximum absolute atomic E-state index is 12.2. The van der Waals surface area contributed by atoms with E-state index in [1.165, 1.54) is 26.0 Å². The van der Waals surface area contributed by atoms with E-state index in [9.17, 15) is 4.79 Å². The number of nitrogens with one attached hydrogen (secondary N) is 1. The monoisotopic (exact) mass is 369 g/mol. The highest BCUT2D eigenvalue weighted by Crippen LogP contribution is 2.27. The average Bonchev–Trinajstić information content (AvgIpc) is 2.69.